The van der Waals surface area contributed by atoms with E-state index in [0.717, 1.165) is 18.4 Å². The normalized spacial score (nSPS) is 13.8. The van der Waals surface area contributed by atoms with Crippen LogP contribution in [0.1, 0.15) is 50.7 Å². The molecule has 2 aromatic carbocycles. The van der Waals surface area contributed by atoms with Crippen molar-refractivity contribution in [3.8, 4) is 5.75 Å². The van der Waals surface area contributed by atoms with Gasteiger partial charge in [0.15, 0.2) is 6.61 Å². The Morgan fingerprint density at radius 3 is 2.57 bits per heavy atom. The summed E-state index contributed by atoms with van der Waals surface area (Å²) in [5.74, 6) is 0.977. The van der Waals surface area contributed by atoms with Crippen LogP contribution in [0.5, 0.6) is 5.75 Å². The molecule has 0 atom stereocenters. The molecule has 3 rings (SSSR count). The van der Waals surface area contributed by atoms with Crippen molar-refractivity contribution >= 4 is 27.3 Å². The molecular formula is C23H30N2O4S. The molecule has 1 aliphatic heterocycles. The molecule has 7 heteroatoms. The number of rotatable bonds is 8. The predicted octanol–water partition coefficient (Wildman–Crippen LogP) is 4.32. The van der Waals surface area contributed by atoms with Gasteiger partial charge in [0.2, 0.25) is 10.0 Å². The summed E-state index contributed by atoms with van der Waals surface area (Å²) in [5, 5.41) is 2.84. The maximum atomic E-state index is 12.5. The Morgan fingerprint density at radius 1 is 1.17 bits per heavy atom. The highest BCUT2D eigenvalue weighted by Crippen LogP contribution is 2.32. The third kappa shape index (κ3) is 5.33. The van der Waals surface area contributed by atoms with Crippen LogP contribution in [0.4, 0.5) is 11.4 Å². The average Bonchev–Trinajstić information content (AvgIpc) is 2.72. The van der Waals surface area contributed by atoms with E-state index in [-0.39, 0.29) is 18.3 Å². The molecule has 0 saturated heterocycles. The fourth-order valence-electron chi connectivity index (χ4n) is 3.59. The second-order valence-corrected chi connectivity index (χ2v) is 9.91. The molecule has 1 amide bonds. The number of hydrogen-bond donors (Lipinski definition) is 1. The van der Waals surface area contributed by atoms with E-state index in [1.165, 1.54) is 9.87 Å². The van der Waals surface area contributed by atoms with Crippen LogP contribution in [0, 0.1) is 0 Å². The first-order valence-electron chi connectivity index (χ1n) is 10.5. The molecule has 0 radical (unpaired) electrons. The zero-order valence-electron chi connectivity index (χ0n) is 17.8. The first kappa shape index (κ1) is 22.2. The number of fused-ring (bicyclic) bond motifs is 1. The molecule has 1 N–H and O–H groups in total. The molecule has 0 unspecified atom stereocenters. The largest absolute Gasteiger partial charge is 0.484 e. The lowest BCUT2D eigenvalue weighted by atomic mass is 10.0. The van der Waals surface area contributed by atoms with Crippen LogP contribution >= 0.6 is 0 Å². The molecule has 162 valence electrons. The quantitative estimate of drug-likeness (QED) is 0.677. The molecule has 0 bridgehead atoms. The molecule has 30 heavy (non-hydrogen) atoms. The zero-order chi connectivity index (χ0) is 21.7. The number of amides is 1. The van der Waals surface area contributed by atoms with Crippen molar-refractivity contribution in [3.05, 3.63) is 53.6 Å². The standard InChI is InChI=1S/C23H30N2O4S/c1-4-14-30(27,28)25-13-5-6-19-15-20(9-12-22(19)25)24-23(26)16-29-21-10-7-18(8-11-21)17(2)3/h7-12,15,17H,4-6,13-14,16H2,1-3H3,(H,24,26). The highest BCUT2D eigenvalue weighted by Gasteiger charge is 2.26. The van der Waals surface area contributed by atoms with Gasteiger partial charge in [0.1, 0.15) is 5.75 Å². The predicted molar refractivity (Wildman–Crippen MR) is 121 cm³/mol. The van der Waals surface area contributed by atoms with Crippen LogP contribution in [0.3, 0.4) is 0 Å². The van der Waals surface area contributed by atoms with Gasteiger partial charge in [0.05, 0.1) is 11.4 Å². The van der Waals surface area contributed by atoms with Gasteiger partial charge in [-0.2, -0.15) is 0 Å². The second-order valence-electron chi connectivity index (χ2n) is 7.90. The van der Waals surface area contributed by atoms with E-state index in [0.29, 0.717) is 36.0 Å². The van der Waals surface area contributed by atoms with Crippen LogP contribution < -0.4 is 14.4 Å². The topological polar surface area (TPSA) is 75.7 Å². The van der Waals surface area contributed by atoms with Crippen LogP contribution in [-0.4, -0.2) is 33.2 Å². The van der Waals surface area contributed by atoms with E-state index in [1.54, 1.807) is 12.1 Å². The van der Waals surface area contributed by atoms with Crippen molar-refractivity contribution in [2.75, 3.05) is 28.5 Å². The molecule has 0 spiro atoms. The summed E-state index contributed by atoms with van der Waals surface area (Å²) in [6.45, 7) is 6.53. The van der Waals surface area contributed by atoms with Crippen molar-refractivity contribution in [1.29, 1.82) is 0 Å². The summed E-state index contributed by atoms with van der Waals surface area (Å²) < 4.78 is 32.1. The van der Waals surface area contributed by atoms with Gasteiger partial charge in [-0.3, -0.25) is 9.10 Å². The molecule has 0 fully saturated rings. The Balaban J connectivity index is 1.63. The number of nitrogens with one attached hydrogen (secondary N) is 1. The number of ether oxygens (including phenoxy) is 1. The minimum atomic E-state index is -3.30. The van der Waals surface area contributed by atoms with Gasteiger partial charge in [0, 0.05) is 12.2 Å². The zero-order valence-corrected chi connectivity index (χ0v) is 18.7. The highest BCUT2D eigenvalue weighted by molar-refractivity contribution is 7.92. The van der Waals surface area contributed by atoms with Gasteiger partial charge in [0.25, 0.3) is 5.91 Å². The number of nitrogens with zero attached hydrogens (tertiary/aromatic N) is 1. The molecule has 6 nitrogen and oxygen atoms in total. The highest BCUT2D eigenvalue weighted by atomic mass is 32.2. The van der Waals surface area contributed by atoms with Gasteiger partial charge in [-0.1, -0.05) is 32.9 Å². The van der Waals surface area contributed by atoms with E-state index < -0.39 is 10.0 Å². The van der Waals surface area contributed by atoms with Gasteiger partial charge in [-0.05, 0) is 66.6 Å². The number of carbonyl (C=O) groups is 1. The minimum absolute atomic E-state index is 0.0882. The van der Waals surface area contributed by atoms with E-state index in [9.17, 15) is 13.2 Å². The lowest BCUT2D eigenvalue weighted by Gasteiger charge is -2.30. The summed E-state index contributed by atoms with van der Waals surface area (Å²) in [6.07, 6.45) is 2.14. The van der Waals surface area contributed by atoms with Crippen molar-refractivity contribution in [1.82, 2.24) is 0 Å². The van der Waals surface area contributed by atoms with E-state index in [4.69, 9.17) is 4.74 Å². The summed E-state index contributed by atoms with van der Waals surface area (Å²) in [5.41, 5.74) is 3.52. The van der Waals surface area contributed by atoms with Crippen LogP contribution in [0.15, 0.2) is 42.5 Å². The lowest BCUT2D eigenvalue weighted by molar-refractivity contribution is -0.118. The van der Waals surface area contributed by atoms with Crippen molar-refractivity contribution in [2.45, 2.75) is 46.0 Å². The van der Waals surface area contributed by atoms with Crippen molar-refractivity contribution in [3.63, 3.8) is 0 Å². The molecule has 0 aliphatic carbocycles. The van der Waals surface area contributed by atoms with Gasteiger partial charge >= 0.3 is 0 Å². The summed E-state index contributed by atoms with van der Waals surface area (Å²) in [7, 11) is -3.30. The monoisotopic (exact) mass is 430 g/mol. The van der Waals surface area contributed by atoms with Crippen molar-refractivity contribution in [2.24, 2.45) is 0 Å². The fourth-order valence-corrected chi connectivity index (χ4v) is 5.21. The fraction of sp³-hybridized carbons (Fsp3) is 0.435. The van der Waals surface area contributed by atoms with Crippen molar-refractivity contribution < 1.29 is 17.9 Å². The van der Waals surface area contributed by atoms with E-state index in [2.05, 4.69) is 19.2 Å². The number of carbonyl (C=O) groups excluding carboxylic acids is 1. The third-order valence-electron chi connectivity index (χ3n) is 5.15. The van der Waals surface area contributed by atoms with Crippen LogP contribution in [-0.2, 0) is 21.2 Å². The van der Waals surface area contributed by atoms with E-state index in [1.807, 2.05) is 37.3 Å². The number of hydrogen-bond acceptors (Lipinski definition) is 4. The van der Waals surface area contributed by atoms with Gasteiger partial charge in [-0.15, -0.1) is 0 Å². The average molecular weight is 431 g/mol. The number of sulfonamides is 1. The molecule has 1 aliphatic rings. The van der Waals surface area contributed by atoms with E-state index >= 15 is 0 Å². The molecule has 1 heterocycles. The first-order valence-corrected chi connectivity index (χ1v) is 12.1. The summed E-state index contributed by atoms with van der Waals surface area (Å²) in [4.78, 5) is 12.3. The Labute approximate surface area is 179 Å². The van der Waals surface area contributed by atoms with Gasteiger partial charge in [-0.25, -0.2) is 8.42 Å². The van der Waals surface area contributed by atoms with Gasteiger partial charge < -0.3 is 10.1 Å². The molecular weight excluding hydrogens is 400 g/mol. The number of benzene rings is 2. The number of anilines is 2. The lowest BCUT2D eigenvalue weighted by Crippen LogP contribution is -2.37. The summed E-state index contributed by atoms with van der Waals surface area (Å²) >= 11 is 0. The smallest absolute Gasteiger partial charge is 0.262 e. The van der Waals surface area contributed by atoms with Crippen LogP contribution in [0.2, 0.25) is 0 Å². The summed E-state index contributed by atoms with van der Waals surface area (Å²) in [6, 6.07) is 13.1. The SMILES string of the molecule is CCCS(=O)(=O)N1CCCc2cc(NC(=O)COc3ccc(C(C)C)cc3)ccc21. The molecule has 2 aromatic rings. The first-order chi connectivity index (χ1) is 14.3. The van der Waals surface area contributed by atoms with Crippen LogP contribution in [0.25, 0.3) is 0 Å². The molecule has 0 aromatic heterocycles. The maximum Gasteiger partial charge on any atom is 0.262 e. The Kier molecular flexibility index (Phi) is 7.02. The Hall–Kier alpha value is -2.54. The Bertz CT molecular complexity index is 985. The minimum Gasteiger partial charge on any atom is -0.484 e. The third-order valence-corrected chi connectivity index (χ3v) is 7.13. The maximum absolute atomic E-state index is 12.5. The molecule has 0 saturated carbocycles. The second kappa shape index (κ2) is 9.51. The number of aryl methyl sites for hydroxylation is 1. The Morgan fingerprint density at radius 2 is 1.90 bits per heavy atom.